The summed E-state index contributed by atoms with van der Waals surface area (Å²) < 4.78 is 1.11. The van der Waals surface area contributed by atoms with Gasteiger partial charge >= 0.3 is 0 Å². The average Bonchev–Trinajstić information content (AvgIpc) is 2.65. The molecule has 15 heavy (non-hydrogen) atoms. The lowest BCUT2D eigenvalue weighted by Gasteiger charge is -1.98. The summed E-state index contributed by atoms with van der Waals surface area (Å²) in [5.74, 6) is 0. The van der Waals surface area contributed by atoms with Gasteiger partial charge in [0, 0.05) is 23.3 Å². The third-order valence-electron chi connectivity index (χ3n) is 2.04. The number of halogens is 1. The third-order valence-corrected chi connectivity index (χ3v) is 3.44. The summed E-state index contributed by atoms with van der Waals surface area (Å²) in [4.78, 5) is 4.45. The molecule has 0 bridgehead atoms. The van der Waals surface area contributed by atoms with Gasteiger partial charge in [0.1, 0.15) is 0 Å². The lowest BCUT2D eigenvalue weighted by molar-refractivity contribution is 1.10. The second-order valence-corrected chi connectivity index (χ2v) is 4.97. The highest BCUT2D eigenvalue weighted by Gasteiger charge is 2.01. The summed E-state index contributed by atoms with van der Waals surface area (Å²) in [6.45, 7) is 0. The van der Waals surface area contributed by atoms with Crippen LogP contribution in [0, 0.1) is 0 Å². The van der Waals surface area contributed by atoms with E-state index in [0.717, 1.165) is 21.7 Å². The van der Waals surface area contributed by atoms with E-state index in [0.29, 0.717) is 0 Å². The van der Waals surface area contributed by atoms with Crippen molar-refractivity contribution >= 4 is 32.4 Å². The van der Waals surface area contributed by atoms with Gasteiger partial charge in [0.2, 0.25) is 0 Å². The molecule has 78 valence electrons. The van der Waals surface area contributed by atoms with Crippen molar-refractivity contribution in [3.05, 3.63) is 45.4 Å². The number of anilines is 1. The van der Waals surface area contributed by atoms with E-state index in [9.17, 15) is 0 Å². The molecule has 2 nitrogen and oxygen atoms in total. The van der Waals surface area contributed by atoms with Gasteiger partial charge < -0.3 is 5.32 Å². The molecule has 0 atom stereocenters. The Morgan fingerprint density at radius 3 is 3.00 bits per heavy atom. The lowest BCUT2D eigenvalue weighted by Crippen LogP contribution is -1.90. The Bertz CT molecular complexity index is 453. The molecule has 2 aromatic rings. The number of rotatable bonds is 3. The van der Waals surface area contributed by atoms with Crippen LogP contribution >= 0.6 is 27.3 Å². The maximum absolute atomic E-state index is 4.45. The molecule has 0 saturated carbocycles. The fourth-order valence-electron chi connectivity index (χ4n) is 1.36. The van der Waals surface area contributed by atoms with E-state index in [1.54, 1.807) is 11.3 Å². The average molecular weight is 283 g/mol. The van der Waals surface area contributed by atoms with Crippen molar-refractivity contribution in [3.8, 4) is 0 Å². The molecule has 1 N–H and O–H groups in total. The summed E-state index contributed by atoms with van der Waals surface area (Å²) in [6.07, 6.45) is 0.887. The molecule has 4 heteroatoms. The van der Waals surface area contributed by atoms with E-state index < -0.39 is 0 Å². The first kappa shape index (κ1) is 10.6. The van der Waals surface area contributed by atoms with E-state index in [2.05, 4.69) is 43.7 Å². The molecule has 0 radical (unpaired) electrons. The number of nitrogens with one attached hydrogen (secondary N) is 1. The van der Waals surface area contributed by atoms with Crippen LogP contribution in [0.2, 0.25) is 0 Å². The van der Waals surface area contributed by atoms with Crippen molar-refractivity contribution in [2.24, 2.45) is 0 Å². The molecule has 1 heterocycles. The highest BCUT2D eigenvalue weighted by Crippen LogP contribution is 2.19. The largest absolute Gasteiger partial charge is 0.365 e. The number of nitrogens with zero attached hydrogens (tertiary/aromatic N) is 1. The second kappa shape index (κ2) is 4.77. The molecule has 1 aromatic carbocycles. The monoisotopic (exact) mass is 282 g/mol. The van der Waals surface area contributed by atoms with Crippen LogP contribution < -0.4 is 5.32 Å². The van der Waals surface area contributed by atoms with Crippen molar-refractivity contribution in [1.29, 1.82) is 0 Å². The van der Waals surface area contributed by atoms with E-state index >= 15 is 0 Å². The quantitative estimate of drug-likeness (QED) is 0.932. The van der Waals surface area contributed by atoms with Gasteiger partial charge in [-0.05, 0) is 17.7 Å². The highest BCUT2D eigenvalue weighted by atomic mass is 79.9. The fraction of sp³-hybridized carbons (Fsp3) is 0.182. The SMILES string of the molecule is CNc1nc(Cc2cccc(Br)c2)cs1. The molecule has 0 unspecified atom stereocenters. The van der Waals surface area contributed by atoms with Crippen molar-refractivity contribution < 1.29 is 0 Å². The van der Waals surface area contributed by atoms with Gasteiger partial charge in [0.25, 0.3) is 0 Å². The van der Waals surface area contributed by atoms with E-state index in [1.807, 2.05) is 19.2 Å². The summed E-state index contributed by atoms with van der Waals surface area (Å²) in [5.41, 5.74) is 2.39. The first-order chi connectivity index (χ1) is 7.28. The maximum Gasteiger partial charge on any atom is 0.182 e. The minimum atomic E-state index is 0.887. The van der Waals surface area contributed by atoms with Crippen LogP contribution in [-0.2, 0) is 6.42 Å². The molecule has 0 saturated heterocycles. The number of thiazole rings is 1. The zero-order valence-corrected chi connectivity index (χ0v) is 10.7. The molecule has 0 aliphatic rings. The van der Waals surface area contributed by atoms with Gasteiger partial charge in [-0.1, -0.05) is 28.1 Å². The number of hydrogen-bond acceptors (Lipinski definition) is 3. The zero-order valence-electron chi connectivity index (χ0n) is 8.33. The molecule has 0 amide bonds. The van der Waals surface area contributed by atoms with Gasteiger partial charge in [0.05, 0.1) is 5.69 Å². The Labute approximate surface area is 101 Å². The third kappa shape index (κ3) is 2.79. The van der Waals surface area contributed by atoms with Crippen LogP contribution in [0.4, 0.5) is 5.13 Å². The number of benzene rings is 1. The van der Waals surface area contributed by atoms with Crippen LogP contribution in [-0.4, -0.2) is 12.0 Å². The highest BCUT2D eigenvalue weighted by molar-refractivity contribution is 9.10. The van der Waals surface area contributed by atoms with Crippen LogP contribution in [0.25, 0.3) is 0 Å². The lowest BCUT2D eigenvalue weighted by atomic mass is 10.1. The summed E-state index contributed by atoms with van der Waals surface area (Å²) in [6, 6.07) is 8.32. The Hall–Kier alpha value is -0.870. The molecular weight excluding hydrogens is 272 g/mol. The van der Waals surface area contributed by atoms with Crippen LogP contribution in [0.3, 0.4) is 0 Å². The molecule has 0 fully saturated rings. The topological polar surface area (TPSA) is 24.9 Å². The molecule has 0 aliphatic carbocycles. The summed E-state index contributed by atoms with van der Waals surface area (Å²) >= 11 is 5.10. The van der Waals surface area contributed by atoms with E-state index in [4.69, 9.17) is 0 Å². The molecule has 2 rings (SSSR count). The minimum Gasteiger partial charge on any atom is -0.365 e. The molecule has 0 aliphatic heterocycles. The van der Waals surface area contributed by atoms with Gasteiger partial charge in [-0.3, -0.25) is 0 Å². The Kier molecular flexibility index (Phi) is 3.38. The standard InChI is InChI=1S/C11H11BrN2S/c1-13-11-14-10(7-15-11)6-8-3-2-4-9(12)5-8/h2-5,7H,6H2,1H3,(H,13,14). The van der Waals surface area contributed by atoms with Crippen molar-refractivity contribution in [2.75, 3.05) is 12.4 Å². The molecule has 0 spiro atoms. The predicted molar refractivity (Wildman–Crippen MR) is 68.6 cm³/mol. The molecule has 1 aromatic heterocycles. The predicted octanol–water partition coefficient (Wildman–Crippen LogP) is 3.54. The molecular formula is C11H11BrN2S. The van der Waals surface area contributed by atoms with Gasteiger partial charge in [0.15, 0.2) is 5.13 Å². The van der Waals surface area contributed by atoms with Crippen LogP contribution in [0.5, 0.6) is 0 Å². The minimum absolute atomic E-state index is 0.887. The van der Waals surface area contributed by atoms with Gasteiger partial charge in [-0.2, -0.15) is 0 Å². The van der Waals surface area contributed by atoms with E-state index in [-0.39, 0.29) is 0 Å². The Balaban J connectivity index is 2.14. The second-order valence-electron chi connectivity index (χ2n) is 3.20. The summed E-state index contributed by atoms with van der Waals surface area (Å²) in [5, 5.41) is 6.10. The van der Waals surface area contributed by atoms with Gasteiger partial charge in [-0.25, -0.2) is 4.98 Å². The Morgan fingerprint density at radius 2 is 2.33 bits per heavy atom. The number of aromatic nitrogens is 1. The first-order valence-electron chi connectivity index (χ1n) is 4.64. The Morgan fingerprint density at radius 1 is 1.47 bits per heavy atom. The van der Waals surface area contributed by atoms with Crippen molar-refractivity contribution in [3.63, 3.8) is 0 Å². The zero-order chi connectivity index (χ0) is 10.7. The van der Waals surface area contributed by atoms with Crippen LogP contribution in [0.15, 0.2) is 34.1 Å². The maximum atomic E-state index is 4.45. The normalized spacial score (nSPS) is 10.3. The van der Waals surface area contributed by atoms with Crippen molar-refractivity contribution in [2.45, 2.75) is 6.42 Å². The fourth-order valence-corrected chi connectivity index (χ4v) is 2.48. The number of hydrogen-bond donors (Lipinski definition) is 1. The van der Waals surface area contributed by atoms with Crippen molar-refractivity contribution in [1.82, 2.24) is 4.98 Å². The van der Waals surface area contributed by atoms with E-state index in [1.165, 1.54) is 5.56 Å². The van der Waals surface area contributed by atoms with Gasteiger partial charge in [-0.15, -0.1) is 11.3 Å². The van der Waals surface area contributed by atoms with Crippen LogP contribution in [0.1, 0.15) is 11.3 Å². The first-order valence-corrected chi connectivity index (χ1v) is 6.32. The summed E-state index contributed by atoms with van der Waals surface area (Å²) in [7, 11) is 1.89. The smallest absolute Gasteiger partial charge is 0.182 e.